The van der Waals surface area contributed by atoms with Crippen LogP contribution >= 0.6 is 0 Å². The van der Waals surface area contributed by atoms with Crippen LogP contribution in [0.4, 0.5) is 5.95 Å². The SMILES string of the molecule is CCC(C)n1nnnc1N. The van der Waals surface area contributed by atoms with Crippen LogP contribution in [0.2, 0.25) is 0 Å². The topological polar surface area (TPSA) is 69.6 Å². The molecular weight excluding hydrogens is 130 g/mol. The van der Waals surface area contributed by atoms with E-state index in [2.05, 4.69) is 22.4 Å². The van der Waals surface area contributed by atoms with E-state index in [1.807, 2.05) is 6.92 Å². The lowest BCUT2D eigenvalue weighted by Gasteiger charge is -2.06. The molecule has 0 bridgehead atoms. The van der Waals surface area contributed by atoms with Gasteiger partial charge < -0.3 is 5.73 Å². The largest absolute Gasteiger partial charge is 0.367 e. The molecule has 0 amide bonds. The van der Waals surface area contributed by atoms with Gasteiger partial charge in [-0.1, -0.05) is 12.0 Å². The van der Waals surface area contributed by atoms with Crippen LogP contribution in [0.5, 0.6) is 0 Å². The lowest BCUT2D eigenvalue weighted by molar-refractivity contribution is 0.470. The normalized spacial score (nSPS) is 13.4. The third kappa shape index (κ3) is 1.07. The standard InChI is InChI=1S/C5H11N5/c1-3-4(2)10-5(6)7-8-9-10/h4H,3H2,1-2H3,(H2,6,7,9). The summed E-state index contributed by atoms with van der Waals surface area (Å²) in [6, 6.07) is 0.287. The van der Waals surface area contributed by atoms with Crippen LogP contribution in [0.25, 0.3) is 0 Å². The second-order valence-corrected chi connectivity index (χ2v) is 2.24. The molecule has 5 heteroatoms. The summed E-state index contributed by atoms with van der Waals surface area (Å²) in [5, 5.41) is 10.7. The summed E-state index contributed by atoms with van der Waals surface area (Å²) >= 11 is 0. The van der Waals surface area contributed by atoms with E-state index in [0.717, 1.165) is 6.42 Å². The minimum Gasteiger partial charge on any atom is -0.367 e. The third-order valence-corrected chi connectivity index (χ3v) is 1.53. The molecule has 2 N–H and O–H groups in total. The predicted molar refractivity (Wildman–Crippen MR) is 37.2 cm³/mol. The first kappa shape index (κ1) is 6.98. The van der Waals surface area contributed by atoms with E-state index in [-0.39, 0.29) is 6.04 Å². The molecule has 0 aliphatic heterocycles. The predicted octanol–water partition coefficient (Wildman–Crippen LogP) is 0.226. The van der Waals surface area contributed by atoms with Gasteiger partial charge in [-0.2, -0.15) is 0 Å². The van der Waals surface area contributed by atoms with Crippen molar-refractivity contribution in [2.75, 3.05) is 5.73 Å². The molecule has 1 aromatic heterocycles. The maximum Gasteiger partial charge on any atom is 0.240 e. The van der Waals surface area contributed by atoms with Crippen molar-refractivity contribution < 1.29 is 0 Å². The highest BCUT2D eigenvalue weighted by Crippen LogP contribution is 2.09. The summed E-state index contributed by atoms with van der Waals surface area (Å²) in [5.41, 5.74) is 5.44. The van der Waals surface area contributed by atoms with Crippen molar-refractivity contribution in [2.45, 2.75) is 26.3 Å². The van der Waals surface area contributed by atoms with Gasteiger partial charge in [-0.25, -0.2) is 4.68 Å². The zero-order valence-electron chi connectivity index (χ0n) is 6.15. The first-order valence-corrected chi connectivity index (χ1v) is 3.29. The molecule has 0 aromatic carbocycles. The van der Waals surface area contributed by atoms with Crippen molar-refractivity contribution in [1.82, 2.24) is 20.2 Å². The first-order valence-electron chi connectivity index (χ1n) is 3.29. The van der Waals surface area contributed by atoms with Crippen LogP contribution in [0.15, 0.2) is 0 Å². The lowest BCUT2D eigenvalue weighted by atomic mass is 10.3. The Morgan fingerprint density at radius 1 is 1.70 bits per heavy atom. The average Bonchev–Trinajstić information content (AvgIpc) is 2.34. The molecule has 1 aromatic rings. The smallest absolute Gasteiger partial charge is 0.240 e. The molecule has 1 rings (SSSR count). The summed E-state index contributed by atoms with van der Waals surface area (Å²) in [5.74, 6) is 0.384. The fraction of sp³-hybridized carbons (Fsp3) is 0.800. The van der Waals surface area contributed by atoms with Gasteiger partial charge in [0.05, 0.1) is 6.04 Å². The van der Waals surface area contributed by atoms with Crippen LogP contribution < -0.4 is 5.73 Å². The molecular formula is C5H11N5. The summed E-state index contributed by atoms with van der Waals surface area (Å²) in [6.07, 6.45) is 0.981. The van der Waals surface area contributed by atoms with E-state index in [9.17, 15) is 0 Å². The van der Waals surface area contributed by atoms with E-state index in [4.69, 9.17) is 5.73 Å². The minimum atomic E-state index is 0.287. The van der Waals surface area contributed by atoms with E-state index in [1.165, 1.54) is 0 Å². The number of anilines is 1. The molecule has 1 heterocycles. The van der Waals surface area contributed by atoms with Crippen molar-refractivity contribution in [1.29, 1.82) is 0 Å². The summed E-state index contributed by atoms with van der Waals surface area (Å²) in [6.45, 7) is 4.08. The van der Waals surface area contributed by atoms with Gasteiger partial charge >= 0.3 is 0 Å². The highest BCUT2D eigenvalue weighted by atomic mass is 15.6. The molecule has 0 aliphatic carbocycles. The number of tetrazole rings is 1. The number of nitrogens with two attached hydrogens (primary N) is 1. The highest BCUT2D eigenvalue weighted by Gasteiger charge is 2.06. The van der Waals surface area contributed by atoms with Gasteiger partial charge in [0.2, 0.25) is 5.95 Å². The Morgan fingerprint density at radius 2 is 2.40 bits per heavy atom. The molecule has 0 spiro atoms. The maximum atomic E-state index is 5.44. The number of nitrogen functional groups attached to an aromatic ring is 1. The molecule has 0 saturated heterocycles. The van der Waals surface area contributed by atoms with Gasteiger partial charge in [0, 0.05) is 0 Å². The highest BCUT2D eigenvalue weighted by molar-refractivity contribution is 5.10. The zero-order valence-corrected chi connectivity index (χ0v) is 6.15. The molecule has 0 saturated carbocycles. The van der Waals surface area contributed by atoms with Crippen molar-refractivity contribution >= 4 is 5.95 Å². The van der Waals surface area contributed by atoms with E-state index in [1.54, 1.807) is 4.68 Å². The molecule has 0 radical (unpaired) electrons. The molecule has 0 aliphatic rings. The Hall–Kier alpha value is -1.13. The Kier molecular flexibility index (Phi) is 1.84. The quantitative estimate of drug-likeness (QED) is 0.639. The van der Waals surface area contributed by atoms with Gasteiger partial charge in [-0.05, 0) is 23.8 Å². The molecule has 0 fully saturated rings. The number of aromatic nitrogens is 4. The molecule has 1 unspecified atom stereocenters. The lowest BCUT2D eigenvalue weighted by Crippen LogP contribution is -2.09. The van der Waals surface area contributed by atoms with Crippen molar-refractivity contribution in [3.8, 4) is 0 Å². The molecule has 56 valence electrons. The Balaban J connectivity index is 2.82. The van der Waals surface area contributed by atoms with Crippen LogP contribution in [0.3, 0.4) is 0 Å². The van der Waals surface area contributed by atoms with Gasteiger partial charge in [0.25, 0.3) is 0 Å². The van der Waals surface area contributed by atoms with Gasteiger partial charge in [0.1, 0.15) is 0 Å². The number of nitrogens with zero attached hydrogens (tertiary/aromatic N) is 4. The van der Waals surface area contributed by atoms with Crippen LogP contribution in [0, 0.1) is 0 Å². The fourth-order valence-corrected chi connectivity index (χ4v) is 0.687. The molecule has 10 heavy (non-hydrogen) atoms. The van der Waals surface area contributed by atoms with Crippen molar-refractivity contribution in [2.24, 2.45) is 0 Å². The Morgan fingerprint density at radius 3 is 2.80 bits per heavy atom. The van der Waals surface area contributed by atoms with Crippen LogP contribution in [-0.2, 0) is 0 Å². The minimum absolute atomic E-state index is 0.287. The van der Waals surface area contributed by atoms with Crippen LogP contribution in [-0.4, -0.2) is 20.2 Å². The zero-order chi connectivity index (χ0) is 7.56. The Bertz CT molecular complexity index is 206. The van der Waals surface area contributed by atoms with Crippen molar-refractivity contribution in [3.63, 3.8) is 0 Å². The molecule has 5 nitrogen and oxygen atoms in total. The Labute approximate surface area is 59.2 Å². The van der Waals surface area contributed by atoms with Crippen LogP contribution in [0.1, 0.15) is 26.3 Å². The van der Waals surface area contributed by atoms with Gasteiger partial charge in [0.15, 0.2) is 0 Å². The van der Waals surface area contributed by atoms with E-state index >= 15 is 0 Å². The number of hydrogen-bond acceptors (Lipinski definition) is 4. The third-order valence-electron chi connectivity index (χ3n) is 1.53. The monoisotopic (exact) mass is 141 g/mol. The second-order valence-electron chi connectivity index (χ2n) is 2.24. The summed E-state index contributed by atoms with van der Waals surface area (Å²) in [4.78, 5) is 0. The van der Waals surface area contributed by atoms with Gasteiger partial charge in [-0.3, -0.25) is 0 Å². The second kappa shape index (κ2) is 2.64. The van der Waals surface area contributed by atoms with E-state index < -0.39 is 0 Å². The van der Waals surface area contributed by atoms with Gasteiger partial charge in [-0.15, -0.1) is 0 Å². The number of hydrogen-bond donors (Lipinski definition) is 1. The van der Waals surface area contributed by atoms with E-state index in [0.29, 0.717) is 5.95 Å². The summed E-state index contributed by atoms with van der Waals surface area (Å²) < 4.78 is 1.61. The summed E-state index contributed by atoms with van der Waals surface area (Å²) in [7, 11) is 0. The fourth-order valence-electron chi connectivity index (χ4n) is 0.687. The average molecular weight is 141 g/mol. The molecule has 1 atom stereocenters. The van der Waals surface area contributed by atoms with Crippen molar-refractivity contribution in [3.05, 3.63) is 0 Å². The maximum absolute atomic E-state index is 5.44. The first-order chi connectivity index (χ1) is 4.75. The number of rotatable bonds is 2.